The molecule has 0 saturated carbocycles. The molecule has 5 heteroatoms. The Kier molecular flexibility index (Phi) is 6.18. The molecule has 0 aromatic carbocycles. The van der Waals surface area contributed by atoms with E-state index in [2.05, 4.69) is 61.8 Å². The molecule has 0 nitrogen and oxygen atoms in total. The van der Waals surface area contributed by atoms with Crippen LogP contribution in [0.3, 0.4) is 0 Å². The summed E-state index contributed by atoms with van der Waals surface area (Å²) in [7, 11) is 0. The molecular formula is C3H6Br4Si. The largest absolute Gasteiger partial charge is 0.267 e. The van der Waals surface area contributed by atoms with Gasteiger partial charge in [0.05, 0.1) is 0 Å². The van der Waals surface area contributed by atoms with Crippen LogP contribution < -0.4 is 0 Å². The maximum absolute atomic E-state index is 3.53. The zero-order valence-electron chi connectivity index (χ0n) is 4.13. The molecule has 0 bridgehead atoms. The zero-order chi connectivity index (χ0) is 6.62. The predicted octanol–water partition coefficient (Wildman–Crippen LogP) is 3.90. The van der Waals surface area contributed by atoms with Gasteiger partial charge < -0.3 is 0 Å². The van der Waals surface area contributed by atoms with E-state index in [0.717, 1.165) is 5.33 Å². The fourth-order valence-electron chi connectivity index (χ4n) is 0.267. The van der Waals surface area contributed by atoms with Crippen LogP contribution in [0.5, 0.6) is 0 Å². The minimum atomic E-state index is -1.27. The van der Waals surface area contributed by atoms with E-state index in [0.29, 0.717) is 0 Å². The maximum Gasteiger partial charge on any atom is 0.267 e. The van der Waals surface area contributed by atoms with Gasteiger partial charge in [-0.05, 0) is 12.5 Å². The van der Waals surface area contributed by atoms with E-state index in [9.17, 15) is 0 Å². The van der Waals surface area contributed by atoms with Gasteiger partial charge in [-0.2, -0.15) is 0 Å². The monoisotopic (exact) mass is 386 g/mol. The van der Waals surface area contributed by atoms with E-state index in [1.165, 1.54) is 12.5 Å². The third-order valence-corrected chi connectivity index (χ3v) is 5.64. The first-order valence-corrected chi connectivity index (χ1v) is 12.3. The highest BCUT2D eigenvalue weighted by atomic mass is 80.0. The molecule has 50 valence electrons. The highest BCUT2D eigenvalue weighted by Gasteiger charge is 2.20. The second kappa shape index (κ2) is 4.88. The Bertz CT molecular complexity index is 58.8. The molecule has 0 atom stereocenters. The Morgan fingerprint density at radius 1 is 1.12 bits per heavy atom. The number of halogens is 4. The third-order valence-electron chi connectivity index (χ3n) is 0.594. The van der Waals surface area contributed by atoms with Crippen LogP contribution >= 0.6 is 61.8 Å². The molecule has 0 aromatic rings. The summed E-state index contributed by atoms with van der Waals surface area (Å²) >= 11 is 14.0. The molecule has 0 heterocycles. The normalized spacial score (nSPS) is 12.0. The summed E-state index contributed by atoms with van der Waals surface area (Å²) in [5, 5.41) is 1.09. The van der Waals surface area contributed by atoms with Gasteiger partial charge in [-0.3, -0.25) is 0 Å². The summed E-state index contributed by atoms with van der Waals surface area (Å²) in [5.41, 5.74) is 0. The summed E-state index contributed by atoms with van der Waals surface area (Å²) in [6.07, 6.45) is 1.22. The summed E-state index contributed by atoms with van der Waals surface area (Å²) in [5.74, 6) is 0. The van der Waals surface area contributed by atoms with Crippen LogP contribution in [0, 0.1) is 0 Å². The van der Waals surface area contributed by atoms with Crippen LogP contribution in [-0.4, -0.2) is 9.26 Å². The van der Waals surface area contributed by atoms with Gasteiger partial charge in [-0.1, -0.05) is 61.8 Å². The van der Waals surface area contributed by atoms with Gasteiger partial charge in [0.2, 0.25) is 0 Å². The molecule has 0 aliphatic carbocycles. The fourth-order valence-corrected chi connectivity index (χ4v) is 4.17. The molecule has 0 amide bonds. The molecular weight excluding hydrogens is 384 g/mol. The molecule has 0 fully saturated rings. The van der Waals surface area contributed by atoms with E-state index < -0.39 is 3.93 Å². The standard InChI is InChI=1S/C3H6Br4Si/c4-2-1-3-8(5,6)7/h1-3H2. The van der Waals surface area contributed by atoms with Crippen molar-refractivity contribution in [3.05, 3.63) is 0 Å². The van der Waals surface area contributed by atoms with Crippen molar-refractivity contribution in [3.63, 3.8) is 0 Å². The third kappa shape index (κ3) is 8.14. The van der Waals surface area contributed by atoms with Gasteiger partial charge in [0.15, 0.2) is 0 Å². The van der Waals surface area contributed by atoms with E-state index >= 15 is 0 Å². The van der Waals surface area contributed by atoms with E-state index in [1.807, 2.05) is 0 Å². The Hall–Kier alpha value is 2.14. The Balaban J connectivity index is 3.11. The van der Waals surface area contributed by atoms with Gasteiger partial charge in [-0.25, -0.2) is 0 Å². The molecule has 0 N–H and O–H groups in total. The lowest BCUT2D eigenvalue weighted by Crippen LogP contribution is -2.04. The van der Waals surface area contributed by atoms with Crippen LogP contribution in [0.4, 0.5) is 0 Å². The van der Waals surface area contributed by atoms with Crippen molar-refractivity contribution in [2.75, 3.05) is 5.33 Å². The molecule has 0 spiro atoms. The van der Waals surface area contributed by atoms with Gasteiger partial charge in [0.1, 0.15) is 0 Å². The lowest BCUT2D eigenvalue weighted by atomic mass is 10.6. The average Bonchev–Trinajstić information content (AvgIpc) is 1.59. The topological polar surface area (TPSA) is 0 Å². The lowest BCUT2D eigenvalue weighted by molar-refractivity contribution is 1.11. The van der Waals surface area contributed by atoms with Crippen molar-refractivity contribution < 1.29 is 0 Å². The minimum absolute atomic E-state index is 1.09. The fraction of sp³-hybridized carbons (Fsp3) is 1.00. The minimum Gasteiger partial charge on any atom is -0.0964 e. The van der Waals surface area contributed by atoms with Gasteiger partial charge in [0.25, 0.3) is 3.93 Å². The van der Waals surface area contributed by atoms with Crippen molar-refractivity contribution in [1.82, 2.24) is 0 Å². The van der Waals surface area contributed by atoms with Crippen molar-refractivity contribution >= 4 is 65.7 Å². The first-order valence-electron chi connectivity index (χ1n) is 2.19. The van der Waals surface area contributed by atoms with Crippen LogP contribution in [0.15, 0.2) is 0 Å². The molecule has 0 unspecified atom stereocenters. The quantitative estimate of drug-likeness (QED) is 0.390. The summed E-state index contributed by atoms with van der Waals surface area (Å²) < 4.78 is -1.27. The van der Waals surface area contributed by atoms with Crippen LogP contribution in [0.2, 0.25) is 6.04 Å². The second-order valence-electron chi connectivity index (χ2n) is 1.41. The molecule has 0 aliphatic rings. The summed E-state index contributed by atoms with van der Waals surface area (Å²) in [4.78, 5) is 0. The van der Waals surface area contributed by atoms with Crippen molar-refractivity contribution in [2.24, 2.45) is 0 Å². The summed E-state index contributed by atoms with van der Waals surface area (Å²) in [6, 6.07) is 1.21. The molecule has 8 heavy (non-hydrogen) atoms. The number of hydrogen-bond donors (Lipinski definition) is 0. The van der Waals surface area contributed by atoms with Crippen LogP contribution in [0.25, 0.3) is 0 Å². The number of rotatable bonds is 3. The van der Waals surface area contributed by atoms with Crippen molar-refractivity contribution in [1.29, 1.82) is 0 Å². The van der Waals surface area contributed by atoms with Gasteiger partial charge >= 0.3 is 0 Å². The van der Waals surface area contributed by atoms with Crippen LogP contribution in [0.1, 0.15) is 6.42 Å². The Labute approximate surface area is 82.7 Å². The van der Waals surface area contributed by atoms with E-state index in [-0.39, 0.29) is 0 Å². The van der Waals surface area contributed by atoms with Crippen molar-refractivity contribution in [3.8, 4) is 0 Å². The predicted molar refractivity (Wildman–Crippen MR) is 55.8 cm³/mol. The summed E-state index contributed by atoms with van der Waals surface area (Å²) in [6.45, 7) is 0. The molecule has 0 saturated heterocycles. The van der Waals surface area contributed by atoms with Crippen molar-refractivity contribution in [2.45, 2.75) is 12.5 Å². The number of hydrogen-bond acceptors (Lipinski definition) is 0. The van der Waals surface area contributed by atoms with Gasteiger partial charge in [0, 0.05) is 5.33 Å². The Morgan fingerprint density at radius 3 is 1.75 bits per heavy atom. The highest BCUT2D eigenvalue weighted by Crippen LogP contribution is 2.32. The Morgan fingerprint density at radius 2 is 1.62 bits per heavy atom. The zero-order valence-corrected chi connectivity index (χ0v) is 11.5. The highest BCUT2D eigenvalue weighted by molar-refractivity contribution is 9.72. The molecule has 0 radical (unpaired) electrons. The molecule has 0 rings (SSSR count). The first-order chi connectivity index (χ1) is 3.56. The molecule has 0 aliphatic heterocycles. The van der Waals surface area contributed by atoms with E-state index in [1.54, 1.807) is 0 Å². The van der Waals surface area contributed by atoms with Crippen LogP contribution in [-0.2, 0) is 0 Å². The SMILES string of the molecule is BrCCC[Si](Br)(Br)Br. The smallest absolute Gasteiger partial charge is 0.0964 e. The second-order valence-corrected chi connectivity index (χ2v) is 25.7. The maximum atomic E-state index is 3.53. The van der Waals surface area contributed by atoms with E-state index in [4.69, 9.17) is 0 Å². The number of alkyl halides is 1. The average molecular weight is 390 g/mol. The van der Waals surface area contributed by atoms with Gasteiger partial charge in [-0.15, -0.1) is 0 Å². The first kappa shape index (κ1) is 10.1. The molecule has 0 aromatic heterocycles. The lowest BCUT2D eigenvalue weighted by Gasteiger charge is -2.05.